The summed E-state index contributed by atoms with van der Waals surface area (Å²) in [6.45, 7) is 5.52. The van der Waals surface area contributed by atoms with Gasteiger partial charge in [0.15, 0.2) is 5.82 Å². The molecule has 194 valence electrons. The molecule has 2 aliphatic heterocycles. The fraction of sp³-hybridized carbons (Fsp3) is 0.355. The van der Waals surface area contributed by atoms with Crippen molar-refractivity contribution in [3.05, 3.63) is 72.3 Å². The molecule has 2 saturated heterocycles. The van der Waals surface area contributed by atoms with Gasteiger partial charge in [-0.25, -0.2) is 4.98 Å². The highest BCUT2D eigenvalue weighted by atomic mass is 15.4. The van der Waals surface area contributed by atoms with Gasteiger partial charge in [-0.2, -0.15) is 5.10 Å². The van der Waals surface area contributed by atoms with Crippen molar-refractivity contribution in [3.8, 4) is 11.5 Å². The number of rotatable bonds is 6. The summed E-state index contributed by atoms with van der Waals surface area (Å²) in [4.78, 5) is 8.65. The number of imidazole rings is 1. The topological polar surface area (TPSA) is 81.4 Å². The Labute approximate surface area is 223 Å². The van der Waals surface area contributed by atoms with Gasteiger partial charge in [-0.15, -0.1) is 0 Å². The summed E-state index contributed by atoms with van der Waals surface area (Å²) in [5, 5.41) is 16.2. The molecule has 7 nitrogen and oxygen atoms in total. The molecule has 0 unspecified atom stereocenters. The van der Waals surface area contributed by atoms with E-state index in [-0.39, 0.29) is 0 Å². The van der Waals surface area contributed by atoms with E-state index in [1.54, 1.807) is 0 Å². The van der Waals surface area contributed by atoms with Crippen molar-refractivity contribution in [2.45, 2.75) is 44.7 Å². The first-order valence-corrected chi connectivity index (χ1v) is 14.1. The number of hydrogen-bond acceptors (Lipinski definition) is 4. The van der Waals surface area contributed by atoms with Gasteiger partial charge in [-0.1, -0.05) is 36.4 Å². The minimum Gasteiger partial charge on any atom is -0.380 e. The Morgan fingerprint density at radius 1 is 0.868 bits per heavy atom. The number of likely N-dealkylation sites (tertiary alicyclic amines) is 1. The van der Waals surface area contributed by atoms with Crippen molar-refractivity contribution in [1.29, 1.82) is 0 Å². The third-order valence-electron chi connectivity index (χ3n) is 8.74. The molecule has 3 aromatic carbocycles. The van der Waals surface area contributed by atoms with Crippen molar-refractivity contribution in [1.82, 2.24) is 30.0 Å². The lowest BCUT2D eigenvalue weighted by Crippen LogP contribution is -2.62. The van der Waals surface area contributed by atoms with Crippen molar-refractivity contribution in [3.63, 3.8) is 0 Å². The molecule has 5 aromatic rings. The number of fused-ring (bicyclic) bond motifs is 2. The predicted molar refractivity (Wildman–Crippen MR) is 156 cm³/mol. The quantitative estimate of drug-likeness (QED) is 0.214. The molecule has 7 heteroatoms. The zero-order chi connectivity index (χ0) is 25.4. The number of quaternary nitrogens is 1. The van der Waals surface area contributed by atoms with Crippen LogP contribution >= 0.6 is 0 Å². The summed E-state index contributed by atoms with van der Waals surface area (Å²) in [5.41, 5.74) is 7.69. The molecule has 2 fully saturated rings. The lowest BCUT2D eigenvalue weighted by Gasteiger charge is -2.48. The lowest BCUT2D eigenvalue weighted by molar-refractivity contribution is 0.139. The van der Waals surface area contributed by atoms with E-state index in [1.807, 2.05) is 6.07 Å². The van der Waals surface area contributed by atoms with E-state index in [4.69, 9.17) is 10.1 Å². The molecule has 38 heavy (non-hydrogen) atoms. The van der Waals surface area contributed by atoms with Crippen LogP contribution in [-0.4, -0.2) is 52.4 Å². The van der Waals surface area contributed by atoms with Gasteiger partial charge in [0, 0.05) is 50.3 Å². The van der Waals surface area contributed by atoms with Crippen LogP contribution in [0.2, 0.25) is 0 Å². The lowest BCUT2D eigenvalue weighted by atomic mass is 9.95. The van der Waals surface area contributed by atoms with E-state index in [0.717, 1.165) is 63.3 Å². The van der Waals surface area contributed by atoms with Gasteiger partial charge in [-0.05, 0) is 43.0 Å². The molecule has 0 saturated carbocycles. The molecular weight excluding hydrogens is 470 g/mol. The van der Waals surface area contributed by atoms with E-state index in [1.165, 1.54) is 56.4 Å². The van der Waals surface area contributed by atoms with Crippen LogP contribution in [0, 0.1) is 0 Å². The Balaban J connectivity index is 1.25. The molecule has 4 heterocycles. The highest BCUT2D eigenvalue weighted by molar-refractivity contribution is 6.01. The van der Waals surface area contributed by atoms with E-state index in [9.17, 15) is 0 Å². The predicted octanol–water partition coefficient (Wildman–Crippen LogP) is 5.96. The standard InChI is InChI=1S/C31H36N7/c1-3-8-22(9-4-1)21-33-26-10-7-11-27-29(26)30(37-36-27)31-34-25-13-12-24(20-28(25)35-31)38(18-5-2-6-19-38)23-14-16-32-17-15-23/h1,3-4,7-13,20,23,32-33H,2,5-6,14-19,21H2,(H,34,35)(H,36,37)/q+1. The maximum Gasteiger partial charge on any atom is 0.159 e. The molecule has 2 aliphatic rings. The van der Waals surface area contributed by atoms with Crippen molar-refractivity contribution in [2.75, 3.05) is 31.5 Å². The monoisotopic (exact) mass is 506 g/mol. The maximum absolute atomic E-state index is 5.00. The van der Waals surface area contributed by atoms with Gasteiger partial charge in [0.05, 0.1) is 41.1 Å². The van der Waals surface area contributed by atoms with Gasteiger partial charge in [0.1, 0.15) is 11.4 Å². The second-order valence-electron chi connectivity index (χ2n) is 10.9. The van der Waals surface area contributed by atoms with Gasteiger partial charge in [-0.3, -0.25) is 9.58 Å². The van der Waals surface area contributed by atoms with Crippen LogP contribution in [0.1, 0.15) is 37.7 Å². The van der Waals surface area contributed by atoms with Gasteiger partial charge < -0.3 is 15.6 Å². The van der Waals surface area contributed by atoms with Crippen LogP contribution < -0.4 is 15.1 Å². The summed E-state index contributed by atoms with van der Waals surface area (Å²) < 4.78 is 1.13. The molecule has 7 rings (SSSR count). The molecule has 4 N–H and O–H groups in total. The number of anilines is 1. The number of aromatic amines is 2. The summed E-state index contributed by atoms with van der Waals surface area (Å²) in [6, 6.07) is 24.4. The zero-order valence-electron chi connectivity index (χ0n) is 21.8. The number of benzene rings is 3. The molecule has 0 radical (unpaired) electrons. The minimum atomic E-state index is 0.699. The van der Waals surface area contributed by atoms with Crippen molar-refractivity contribution in [2.24, 2.45) is 0 Å². The highest BCUT2D eigenvalue weighted by Crippen LogP contribution is 2.37. The number of piperidine rings is 2. The van der Waals surface area contributed by atoms with E-state index < -0.39 is 0 Å². The SMILES string of the molecule is c1ccc(CNc2cccc3[nH]nc(-c4nc5ccc([N+]6(C7CCNCC7)CCCCC6)cc5[nH]4)c23)cc1. The zero-order valence-corrected chi connectivity index (χ0v) is 21.8. The fourth-order valence-electron chi connectivity index (χ4n) is 6.78. The number of aromatic nitrogens is 4. The first-order valence-electron chi connectivity index (χ1n) is 14.1. The molecule has 0 aliphatic carbocycles. The van der Waals surface area contributed by atoms with Gasteiger partial charge >= 0.3 is 0 Å². The van der Waals surface area contributed by atoms with E-state index in [0.29, 0.717) is 6.04 Å². The van der Waals surface area contributed by atoms with Crippen LogP contribution in [0.4, 0.5) is 11.4 Å². The third kappa shape index (κ3) is 4.16. The molecule has 0 amide bonds. The second-order valence-corrected chi connectivity index (χ2v) is 10.9. The average Bonchev–Trinajstić information content (AvgIpc) is 3.62. The summed E-state index contributed by atoms with van der Waals surface area (Å²) in [7, 11) is 0. The summed E-state index contributed by atoms with van der Waals surface area (Å²) in [6.07, 6.45) is 6.49. The third-order valence-corrected chi connectivity index (χ3v) is 8.74. The second kappa shape index (κ2) is 9.89. The van der Waals surface area contributed by atoms with Crippen molar-refractivity contribution >= 4 is 33.3 Å². The van der Waals surface area contributed by atoms with Crippen LogP contribution in [0.15, 0.2) is 66.7 Å². The molecule has 0 spiro atoms. The fourth-order valence-corrected chi connectivity index (χ4v) is 6.78. The largest absolute Gasteiger partial charge is 0.380 e. The molecular formula is C31H36N7+. The number of nitrogens with zero attached hydrogens (tertiary/aromatic N) is 3. The van der Waals surface area contributed by atoms with Crippen LogP contribution in [-0.2, 0) is 6.54 Å². The smallest absolute Gasteiger partial charge is 0.159 e. The van der Waals surface area contributed by atoms with Gasteiger partial charge in [0.25, 0.3) is 0 Å². The summed E-state index contributed by atoms with van der Waals surface area (Å²) >= 11 is 0. The Bertz CT molecular complexity index is 1540. The Morgan fingerprint density at radius 2 is 1.71 bits per heavy atom. The minimum absolute atomic E-state index is 0.699. The molecule has 0 bridgehead atoms. The maximum atomic E-state index is 5.00. The van der Waals surface area contributed by atoms with Gasteiger partial charge in [0.2, 0.25) is 0 Å². The Hall–Kier alpha value is -3.68. The normalized spacial score (nSPS) is 18.2. The first-order chi connectivity index (χ1) is 18.8. The van der Waals surface area contributed by atoms with Crippen LogP contribution in [0.25, 0.3) is 33.5 Å². The van der Waals surface area contributed by atoms with Crippen molar-refractivity contribution < 1.29 is 0 Å². The first kappa shape index (κ1) is 23.4. The molecule has 2 aromatic heterocycles. The highest BCUT2D eigenvalue weighted by Gasteiger charge is 2.41. The Morgan fingerprint density at radius 3 is 2.55 bits per heavy atom. The summed E-state index contributed by atoms with van der Waals surface area (Å²) in [5.74, 6) is 0.810. The van der Waals surface area contributed by atoms with E-state index in [2.05, 4.69) is 81.4 Å². The number of hydrogen-bond donors (Lipinski definition) is 4. The van der Waals surface area contributed by atoms with Crippen LogP contribution in [0.5, 0.6) is 0 Å². The molecule has 0 atom stereocenters. The number of nitrogens with one attached hydrogen (secondary N) is 4. The number of H-pyrrole nitrogens is 2. The van der Waals surface area contributed by atoms with E-state index >= 15 is 0 Å². The average molecular weight is 507 g/mol. The Kier molecular flexibility index (Phi) is 6.10. The van der Waals surface area contributed by atoms with Crippen LogP contribution in [0.3, 0.4) is 0 Å².